The fourth-order valence-electron chi connectivity index (χ4n) is 3.10. The smallest absolute Gasteiger partial charge is 0.134 e. The summed E-state index contributed by atoms with van der Waals surface area (Å²) in [6, 6.07) is 0. The van der Waals surface area contributed by atoms with Gasteiger partial charge in [-0.3, -0.25) is 0 Å². The van der Waals surface area contributed by atoms with Crippen molar-refractivity contribution >= 4 is 5.82 Å². The van der Waals surface area contributed by atoms with E-state index in [1.807, 2.05) is 0 Å². The van der Waals surface area contributed by atoms with Crippen LogP contribution in [0.15, 0.2) is 6.33 Å². The largest absolute Gasteiger partial charge is 0.369 e. The van der Waals surface area contributed by atoms with Crippen LogP contribution in [0.2, 0.25) is 0 Å². The highest BCUT2D eigenvalue weighted by atomic mass is 15.1. The number of fused-ring (bicyclic) bond motifs is 1. The number of anilines is 1. The zero-order valence-electron chi connectivity index (χ0n) is 11.7. The van der Waals surface area contributed by atoms with E-state index in [2.05, 4.69) is 32.5 Å². The van der Waals surface area contributed by atoms with E-state index in [4.69, 9.17) is 0 Å². The Morgan fingerprint density at radius 3 is 3.32 bits per heavy atom. The molecule has 0 saturated carbocycles. The van der Waals surface area contributed by atoms with Gasteiger partial charge in [-0.2, -0.15) is 0 Å². The fraction of sp³-hybridized carbons (Fsp3) is 0.714. The second kappa shape index (κ2) is 5.84. The lowest BCUT2D eigenvalue weighted by atomic mass is 9.98. The van der Waals surface area contributed by atoms with E-state index < -0.39 is 0 Å². The molecule has 2 aliphatic rings. The lowest BCUT2D eigenvalue weighted by molar-refractivity contribution is 0.217. The SMILES string of the molecule is CN1CCCC(CNc2ncnc3c2CNCC3)C1. The first-order valence-electron chi connectivity index (χ1n) is 7.29. The molecular formula is C14H23N5. The van der Waals surface area contributed by atoms with Crippen LogP contribution in [0, 0.1) is 5.92 Å². The van der Waals surface area contributed by atoms with Gasteiger partial charge in [0, 0.05) is 38.2 Å². The van der Waals surface area contributed by atoms with Crippen LogP contribution in [-0.2, 0) is 13.0 Å². The summed E-state index contributed by atoms with van der Waals surface area (Å²) in [6.07, 6.45) is 5.34. The molecule has 104 valence electrons. The second-order valence-corrected chi connectivity index (χ2v) is 5.73. The van der Waals surface area contributed by atoms with Crippen LogP contribution in [0.3, 0.4) is 0 Å². The fourth-order valence-corrected chi connectivity index (χ4v) is 3.10. The van der Waals surface area contributed by atoms with Gasteiger partial charge in [-0.15, -0.1) is 0 Å². The van der Waals surface area contributed by atoms with E-state index in [-0.39, 0.29) is 0 Å². The molecule has 1 fully saturated rings. The molecule has 0 radical (unpaired) electrons. The van der Waals surface area contributed by atoms with Crippen LogP contribution < -0.4 is 10.6 Å². The predicted molar refractivity (Wildman–Crippen MR) is 76.2 cm³/mol. The summed E-state index contributed by atoms with van der Waals surface area (Å²) in [5, 5.41) is 6.94. The van der Waals surface area contributed by atoms with Crippen molar-refractivity contribution in [2.45, 2.75) is 25.8 Å². The molecule has 0 amide bonds. The van der Waals surface area contributed by atoms with Gasteiger partial charge in [0.05, 0.1) is 5.69 Å². The summed E-state index contributed by atoms with van der Waals surface area (Å²) >= 11 is 0. The molecule has 3 rings (SSSR count). The minimum absolute atomic E-state index is 0.737. The zero-order chi connectivity index (χ0) is 13.1. The van der Waals surface area contributed by atoms with Gasteiger partial charge in [-0.1, -0.05) is 0 Å². The van der Waals surface area contributed by atoms with Gasteiger partial charge in [0.25, 0.3) is 0 Å². The highest BCUT2D eigenvalue weighted by Crippen LogP contribution is 2.20. The molecule has 1 saturated heterocycles. The molecule has 19 heavy (non-hydrogen) atoms. The maximum Gasteiger partial charge on any atom is 0.134 e. The topological polar surface area (TPSA) is 53.1 Å². The first kappa shape index (κ1) is 12.8. The van der Waals surface area contributed by atoms with E-state index in [9.17, 15) is 0 Å². The number of piperidine rings is 1. The summed E-state index contributed by atoms with van der Waals surface area (Å²) in [5.41, 5.74) is 2.47. The quantitative estimate of drug-likeness (QED) is 0.846. The monoisotopic (exact) mass is 261 g/mol. The maximum atomic E-state index is 4.42. The van der Waals surface area contributed by atoms with Crippen molar-refractivity contribution in [3.63, 3.8) is 0 Å². The second-order valence-electron chi connectivity index (χ2n) is 5.73. The number of likely N-dealkylation sites (tertiary alicyclic amines) is 1. The Labute approximate surface area is 114 Å². The van der Waals surface area contributed by atoms with Gasteiger partial charge in [-0.25, -0.2) is 9.97 Å². The van der Waals surface area contributed by atoms with Crippen molar-refractivity contribution < 1.29 is 0 Å². The number of aromatic nitrogens is 2. The van der Waals surface area contributed by atoms with Crippen molar-refractivity contribution in [1.29, 1.82) is 0 Å². The maximum absolute atomic E-state index is 4.42. The van der Waals surface area contributed by atoms with Gasteiger partial charge in [0.1, 0.15) is 12.1 Å². The van der Waals surface area contributed by atoms with Gasteiger partial charge in [-0.05, 0) is 32.4 Å². The Kier molecular flexibility index (Phi) is 3.94. The third kappa shape index (κ3) is 3.04. The van der Waals surface area contributed by atoms with Gasteiger partial charge >= 0.3 is 0 Å². The van der Waals surface area contributed by atoms with Crippen molar-refractivity contribution in [2.75, 3.05) is 38.5 Å². The third-order valence-corrected chi connectivity index (χ3v) is 4.16. The average Bonchev–Trinajstić information content (AvgIpc) is 2.45. The zero-order valence-corrected chi connectivity index (χ0v) is 11.7. The van der Waals surface area contributed by atoms with E-state index >= 15 is 0 Å². The van der Waals surface area contributed by atoms with Crippen LogP contribution >= 0.6 is 0 Å². The van der Waals surface area contributed by atoms with Crippen LogP contribution in [0.5, 0.6) is 0 Å². The molecule has 0 spiro atoms. The van der Waals surface area contributed by atoms with Crippen LogP contribution in [0.25, 0.3) is 0 Å². The van der Waals surface area contributed by atoms with Crippen LogP contribution in [0.4, 0.5) is 5.82 Å². The molecule has 0 aliphatic carbocycles. The number of nitrogens with one attached hydrogen (secondary N) is 2. The Morgan fingerprint density at radius 1 is 1.47 bits per heavy atom. The summed E-state index contributed by atoms with van der Waals surface area (Å²) in [6.45, 7) is 5.37. The molecule has 2 N–H and O–H groups in total. The standard InChI is InChI=1S/C14H23N5/c1-19-6-2-3-11(9-19)7-16-14-12-8-15-5-4-13(12)17-10-18-14/h10-11,15H,2-9H2,1H3,(H,16,17,18). The lowest BCUT2D eigenvalue weighted by Gasteiger charge is -2.30. The molecule has 0 bridgehead atoms. The highest BCUT2D eigenvalue weighted by molar-refractivity contribution is 5.46. The van der Waals surface area contributed by atoms with E-state index in [0.29, 0.717) is 0 Å². The summed E-state index contributed by atoms with van der Waals surface area (Å²) in [7, 11) is 2.21. The van der Waals surface area contributed by atoms with E-state index in [1.54, 1.807) is 6.33 Å². The number of hydrogen-bond acceptors (Lipinski definition) is 5. The average molecular weight is 261 g/mol. The molecule has 3 heterocycles. The molecule has 2 aliphatic heterocycles. The lowest BCUT2D eigenvalue weighted by Crippen LogP contribution is -2.35. The first-order valence-corrected chi connectivity index (χ1v) is 7.29. The third-order valence-electron chi connectivity index (χ3n) is 4.16. The Balaban J connectivity index is 1.63. The first-order chi connectivity index (χ1) is 9.33. The minimum atomic E-state index is 0.737. The number of nitrogens with zero attached hydrogens (tertiary/aromatic N) is 3. The molecule has 5 heteroatoms. The van der Waals surface area contributed by atoms with Crippen LogP contribution in [0.1, 0.15) is 24.1 Å². The number of rotatable bonds is 3. The Bertz CT molecular complexity index is 434. The van der Waals surface area contributed by atoms with Gasteiger partial charge in [0.2, 0.25) is 0 Å². The van der Waals surface area contributed by atoms with Crippen molar-refractivity contribution in [1.82, 2.24) is 20.2 Å². The summed E-state index contributed by atoms with van der Waals surface area (Å²) in [4.78, 5) is 11.2. The van der Waals surface area contributed by atoms with Gasteiger partial charge in [0.15, 0.2) is 0 Å². The minimum Gasteiger partial charge on any atom is -0.369 e. The van der Waals surface area contributed by atoms with Crippen LogP contribution in [-0.4, -0.2) is 48.1 Å². The van der Waals surface area contributed by atoms with E-state index in [1.165, 1.54) is 37.2 Å². The molecule has 1 aromatic rings. The van der Waals surface area contributed by atoms with Crippen molar-refractivity contribution in [3.8, 4) is 0 Å². The summed E-state index contributed by atoms with van der Waals surface area (Å²) < 4.78 is 0. The molecule has 5 nitrogen and oxygen atoms in total. The van der Waals surface area contributed by atoms with E-state index in [0.717, 1.165) is 37.8 Å². The molecule has 0 aromatic carbocycles. The molecular weight excluding hydrogens is 238 g/mol. The predicted octanol–water partition coefficient (Wildman–Crippen LogP) is 0.876. The van der Waals surface area contributed by atoms with Gasteiger partial charge < -0.3 is 15.5 Å². The highest BCUT2D eigenvalue weighted by Gasteiger charge is 2.19. The number of hydrogen-bond donors (Lipinski definition) is 2. The summed E-state index contributed by atoms with van der Waals surface area (Å²) in [5.74, 6) is 1.77. The van der Waals surface area contributed by atoms with Crippen molar-refractivity contribution in [3.05, 3.63) is 17.6 Å². The van der Waals surface area contributed by atoms with Crippen molar-refractivity contribution in [2.24, 2.45) is 5.92 Å². The molecule has 1 atom stereocenters. The molecule has 1 unspecified atom stereocenters. The molecule has 1 aromatic heterocycles. The Hall–Kier alpha value is -1.20. The normalized spacial score (nSPS) is 23.9. The Morgan fingerprint density at radius 2 is 2.42 bits per heavy atom.